The van der Waals surface area contributed by atoms with Gasteiger partial charge in [-0.25, -0.2) is 0 Å². The summed E-state index contributed by atoms with van der Waals surface area (Å²) in [5.74, 6) is 2.68. The molecule has 1 aromatic rings. The van der Waals surface area contributed by atoms with E-state index in [1.54, 1.807) is 0 Å². The van der Waals surface area contributed by atoms with Gasteiger partial charge in [0.15, 0.2) is 0 Å². The van der Waals surface area contributed by atoms with Gasteiger partial charge in [-0.05, 0) is 35.8 Å². The van der Waals surface area contributed by atoms with Crippen molar-refractivity contribution in [1.82, 2.24) is 0 Å². The molecule has 16 heavy (non-hydrogen) atoms. The minimum absolute atomic E-state index is 0.366. The van der Waals surface area contributed by atoms with E-state index in [2.05, 4.69) is 51.0 Å². The van der Waals surface area contributed by atoms with Crippen molar-refractivity contribution < 1.29 is 0 Å². The summed E-state index contributed by atoms with van der Waals surface area (Å²) in [6, 6.07) is 8.96. The van der Waals surface area contributed by atoms with Gasteiger partial charge in [-0.15, -0.1) is 12.3 Å². The summed E-state index contributed by atoms with van der Waals surface area (Å²) in [6.45, 7) is 6.81. The predicted octanol–water partition coefficient (Wildman–Crippen LogP) is 4.23. The Hall–Kier alpha value is -1.22. The Morgan fingerprint density at radius 1 is 1.06 bits per heavy atom. The maximum absolute atomic E-state index is 5.24. The minimum atomic E-state index is 0.366. The second kappa shape index (κ2) is 5.75. The number of hydrogen-bond acceptors (Lipinski definition) is 0. The summed E-state index contributed by atoms with van der Waals surface area (Å²) in [7, 11) is 0. The molecule has 0 heterocycles. The molecule has 0 unspecified atom stereocenters. The molecule has 86 valence electrons. The fourth-order valence-corrected chi connectivity index (χ4v) is 1.83. The first-order valence-electron chi connectivity index (χ1n) is 6.02. The van der Waals surface area contributed by atoms with Crippen molar-refractivity contribution in [2.45, 2.75) is 46.5 Å². The molecule has 0 nitrogen and oxygen atoms in total. The van der Waals surface area contributed by atoms with Crippen LogP contribution in [0.2, 0.25) is 0 Å². The highest BCUT2D eigenvalue weighted by atomic mass is 14.2. The third-order valence-electron chi connectivity index (χ3n) is 2.54. The highest BCUT2D eigenvalue weighted by molar-refractivity contribution is 5.23. The summed E-state index contributed by atoms with van der Waals surface area (Å²) in [5, 5.41) is 0. The number of hydrogen-bond donors (Lipinski definition) is 0. The lowest BCUT2D eigenvalue weighted by atomic mass is 9.88. The van der Waals surface area contributed by atoms with E-state index in [4.69, 9.17) is 6.42 Å². The van der Waals surface area contributed by atoms with Crippen LogP contribution >= 0.6 is 0 Å². The Labute approximate surface area is 100 Å². The molecule has 0 N–H and O–H groups in total. The van der Waals surface area contributed by atoms with E-state index in [0.29, 0.717) is 5.41 Å². The largest absolute Gasteiger partial charge is 0.120 e. The number of rotatable bonds is 4. The number of terminal acetylenes is 1. The zero-order valence-corrected chi connectivity index (χ0v) is 10.7. The molecule has 0 radical (unpaired) electrons. The van der Waals surface area contributed by atoms with E-state index < -0.39 is 0 Å². The van der Waals surface area contributed by atoms with Gasteiger partial charge >= 0.3 is 0 Å². The van der Waals surface area contributed by atoms with E-state index in [1.165, 1.54) is 11.1 Å². The smallest absolute Gasteiger partial charge is 0.00892 e. The van der Waals surface area contributed by atoms with Gasteiger partial charge in [-0.3, -0.25) is 0 Å². The maximum Gasteiger partial charge on any atom is 0.00892 e. The molecule has 0 bridgehead atoms. The van der Waals surface area contributed by atoms with Crippen molar-refractivity contribution in [3.63, 3.8) is 0 Å². The van der Waals surface area contributed by atoms with E-state index in [-0.39, 0.29) is 0 Å². The maximum atomic E-state index is 5.24. The molecule has 0 saturated carbocycles. The van der Waals surface area contributed by atoms with Crippen LogP contribution in [0.5, 0.6) is 0 Å². The van der Waals surface area contributed by atoms with Crippen LogP contribution in [-0.4, -0.2) is 0 Å². The van der Waals surface area contributed by atoms with Gasteiger partial charge in [0, 0.05) is 6.42 Å². The average molecular weight is 214 g/mol. The molecule has 0 aromatic heterocycles. The van der Waals surface area contributed by atoms with Gasteiger partial charge in [0.25, 0.3) is 0 Å². The highest BCUT2D eigenvalue weighted by Gasteiger charge is 2.10. The molecule has 0 aliphatic rings. The molecule has 0 heteroatoms. The predicted molar refractivity (Wildman–Crippen MR) is 71.4 cm³/mol. The van der Waals surface area contributed by atoms with Crippen molar-refractivity contribution in [3.8, 4) is 12.3 Å². The molecule has 0 aliphatic heterocycles. The van der Waals surface area contributed by atoms with Crippen molar-refractivity contribution in [3.05, 3.63) is 35.4 Å². The lowest BCUT2D eigenvalue weighted by Gasteiger charge is -2.18. The second-order valence-electron chi connectivity index (χ2n) is 5.61. The molecule has 1 aromatic carbocycles. The van der Waals surface area contributed by atoms with Crippen molar-refractivity contribution in [2.75, 3.05) is 0 Å². The molecule has 0 saturated heterocycles. The van der Waals surface area contributed by atoms with Crippen LogP contribution in [0.25, 0.3) is 0 Å². The first kappa shape index (κ1) is 12.8. The third-order valence-corrected chi connectivity index (χ3v) is 2.54. The Balaban J connectivity index is 2.52. The van der Waals surface area contributed by atoms with Gasteiger partial charge in [-0.2, -0.15) is 0 Å². The minimum Gasteiger partial charge on any atom is -0.120 e. The quantitative estimate of drug-likeness (QED) is 0.519. The summed E-state index contributed by atoms with van der Waals surface area (Å²) < 4.78 is 0. The van der Waals surface area contributed by atoms with E-state index >= 15 is 0 Å². The van der Waals surface area contributed by atoms with Crippen LogP contribution in [0.1, 0.15) is 44.7 Å². The van der Waals surface area contributed by atoms with Gasteiger partial charge in [0.2, 0.25) is 0 Å². The van der Waals surface area contributed by atoms with Crippen LogP contribution in [-0.2, 0) is 12.8 Å². The normalized spacial score (nSPS) is 11.1. The molecule has 0 fully saturated rings. The second-order valence-corrected chi connectivity index (χ2v) is 5.61. The fraction of sp³-hybridized carbons (Fsp3) is 0.500. The monoisotopic (exact) mass is 214 g/mol. The standard InChI is InChI=1S/C16H22/c1-5-6-7-8-14-9-11-15(12-10-14)13-16(2,3)4/h1,9-12H,6-8,13H2,2-4H3. The van der Waals surface area contributed by atoms with Crippen molar-refractivity contribution in [1.29, 1.82) is 0 Å². The fourth-order valence-electron chi connectivity index (χ4n) is 1.83. The Kier molecular flexibility index (Phi) is 4.62. The van der Waals surface area contributed by atoms with Crippen LogP contribution < -0.4 is 0 Å². The number of aryl methyl sites for hydroxylation is 1. The first-order valence-corrected chi connectivity index (χ1v) is 6.02. The van der Waals surface area contributed by atoms with Gasteiger partial charge in [-0.1, -0.05) is 45.0 Å². The van der Waals surface area contributed by atoms with E-state index in [0.717, 1.165) is 25.7 Å². The van der Waals surface area contributed by atoms with Gasteiger partial charge in [0.1, 0.15) is 0 Å². The van der Waals surface area contributed by atoms with Crippen LogP contribution in [0.4, 0.5) is 0 Å². The molecule has 0 spiro atoms. The third kappa shape index (κ3) is 5.03. The summed E-state index contributed by atoms with van der Waals surface area (Å²) in [5.41, 5.74) is 3.19. The van der Waals surface area contributed by atoms with E-state index in [9.17, 15) is 0 Å². The van der Waals surface area contributed by atoms with Crippen LogP contribution in [0, 0.1) is 17.8 Å². The molecule has 0 aliphatic carbocycles. The highest BCUT2D eigenvalue weighted by Crippen LogP contribution is 2.20. The topological polar surface area (TPSA) is 0 Å². The Morgan fingerprint density at radius 2 is 1.62 bits per heavy atom. The zero-order chi connectivity index (χ0) is 12.0. The Bertz CT molecular complexity index is 343. The summed E-state index contributed by atoms with van der Waals surface area (Å²) >= 11 is 0. The molecule has 0 amide bonds. The van der Waals surface area contributed by atoms with Crippen LogP contribution in [0.15, 0.2) is 24.3 Å². The molecule has 1 rings (SSSR count). The SMILES string of the molecule is C#CCCCc1ccc(CC(C)(C)C)cc1. The van der Waals surface area contributed by atoms with Gasteiger partial charge in [0.05, 0.1) is 0 Å². The average Bonchev–Trinajstić information content (AvgIpc) is 2.19. The van der Waals surface area contributed by atoms with E-state index in [1.807, 2.05) is 0 Å². The van der Waals surface area contributed by atoms with Crippen molar-refractivity contribution in [2.24, 2.45) is 5.41 Å². The first-order chi connectivity index (χ1) is 7.51. The van der Waals surface area contributed by atoms with Gasteiger partial charge < -0.3 is 0 Å². The summed E-state index contributed by atoms with van der Waals surface area (Å²) in [4.78, 5) is 0. The number of benzene rings is 1. The lowest BCUT2D eigenvalue weighted by Crippen LogP contribution is -2.08. The molecule has 0 atom stereocenters. The summed E-state index contributed by atoms with van der Waals surface area (Å²) in [6.07, 6.45) is 9.44. The van der Waals surface area contributed by atoms with Crippen LogP contribution in [0.3, 0.4) is 0 Å². The lowest BCUT2D eigenvalue weighted by molar-refractivity contribution is 0.411. The number of unbranched alkanes of at least 4 members (excludes halogenated alkanes) is 1. The zero-order valence-electron chi connectivity index (χ0n) is 10.7. The Morgan fingerprint density at radius 3 is 2.12 bits per heavy atom. The molecular formula is C16H22. The van der Waals surface area contributed by atoms with Crippen molar-refractivity contribution >= 4 is 0 Å². The molecular weight excluding hydrogens is 192 g/mol.